The van der Waals surface area contributed by atoms with Crippen LogP contribution in [0, 0.1) is 47.4 Å². The average molecular weight is 557 g/mol. The van der Waals surface area contributed by atoms with Crippen molar-refractivity contribution in [3.8, 4) is 58.8 Å². The molecule has 0 bridgehead atoms. The van der Waals surface area contributed by atoms with Crippen LogP contribution in [-0.2, 0) is 0 Å². The lowest BCUT2D eigenvalue weighted by Gasteiger charge is -2.01. The molecular weight excluding hydrogens is 525 g/mol. The number of rotatable bonds is 7. The Balaban J connectivity index is 1.41. The molecule has 4 aromatic heterocycles. The molecule has 0 spiro atoms. The predicted octanol–water partition coefficient (Wildman–Crippen LogP) is 8.93. The summed E-state index contributed by atoms with van der Waals surface area (Å²) in [5, 5.41) is 0. The number of hydrogen-bond acceptors (Lipinski definition) is 4. The van der Waals surface area contributed by atoms with Gasteiger partial charge < -0.3 is 0 Å². The Hall–Kier alpha value is -4.06. The first-order valence-corrected chi connectivity index (χ1v) is 15.5. The van der Waals surface area contributed by atoms with E-state index in [-0.39, 0.29) is 0 Å². The van der Waals surface area contributed by atoms with Gasteiger partial charge in [-0.15, -0.1) is 22.7 Å². The van der Waals surface area contributed by atoms with Crippen molar-refractivity contribution in [3.05, 3.63) is 91.6 Å². The molecule has 0 fully saturated rings. The van der Waals surface area contributed by atoms with Gasteiger partial charge in [0.2, 0.25) is 0 Å². The molecule has 0 amide bonds. The fourth-order valence-electron chi connectivity index (χ4n) is 3.73. The minimum Gasteiger partial charge on any atom is -0.255 e. The number of thiophene rings is 2. The average Bonchev–Trinajstić information content (AvgIpc) is 3.64. The van der Waals surface area contributed by atoms with E-state index in [1.165, 1.54) is 38.5 Å². The molecule has 0 atom stereocenters. The van der Waals surface area contributed by atoms with Crippen molar-refractivity contribution in [2.45, 2.75) is 65.2 Å². The van der Waals surface area contributed by atoms with Crippen molar-refractivity contribution in [3.63, 3.8) is 0 Å². The van der Waals surface area contributed by atoms with E-state index in [1.54, 1.807) is 35.1 Å². The van der Waals surface area contributed by atoms with Gasteiger partial charge in [-0.25, -0.2) is 0 Å². The maximum atomic E-state index is 4.53. The highest BCUT2D eigenvalue weighted by Crippen LogP contribution is 2.19. The largest absolute Gasteiger partial charge is 0.255 e. The van der Waals surface area contributed by atoms with Gasteiger partial charge in [0.1, 0.15) is 0 Å². The van der Waals surface area contributed by atoms with E-state index in [9.17, 15) is 0 Å². The van der Waals surface area contributed by atoms with Gasteiger partial charge in [-0.2, -0.15) is 0 Å². The van der Waals surface area contributed by atoms with Crippen molar-refractivity contribution in [1.82, 2.24) is 9.97 Å². The highest BCUT2D eigenvalue weighted by Gasteiger charge is 2.03. The molecule has 0 aliphatic heterocycles. The zero-order chi connectivity index (χ0) is 27.8. The van der Waals surface area contributed by atoms with Crippen molar-refractivity contribution in [2.75, 3.05) is 0 Å². The molecule has 0 aliphatic carbocycles. The van der Waals surface area contributed by atoms with Gasteiger partial charge in [0.15, 0.2) is 0 Å². The molecule has 4 heterocycles. The van der Waals surface area contributed by atoms with Crippen LogP contribution in [0.25, 0.3) is 11.4 Å². The SMILES string of the molecule is CCCCCC#Cc1ccc(C#Cc2ccnc(-c3cc(C#Cc4ccc(C#CCCCCC)s4)ccn3)c2)s1. The van der Waals surface area contributed by atoms with Crippen LogP contribution in [0.15, 0.2) is 60.9 Å². The molecule has 0 aromatic carbocycles. The second kappa shape index (κ2) is 16.1. The molecule has 4 aromatic rings. The monoisotopic (exact) mass is 556 g/mol. The van der Waals surface area contributed by atoms with Gasteiger partial charge in [0, 0.05) is 36.4 Å². The van der Waals surface area contributed by atoms with E-state index < -0.39 is 0 Å². The van der Waals surface area contributed by atoms with E-state index in [0.29, 0.717) is 0 Å². The van der Waals surface area contributed by atoms with E-state index >= 15 is 0 Å². The molecule has 198 valence electrons. The first-order chi connectivity index (χ1) is 19.7. The molecule has 2 nitrogen and oxygen atoms in total. The van der Waals surface area contributed by atoms with Crippen LogP contribution in [0.5, 0.6) is 0 Å². The molecule has 4 heteroatoms. The maximum Gasteiger partial charge on any atom is 0.0898 e. The summed E-state index contributed by atoms with van der Waals surface area (Å²) in [7, 11) is 0. The summed E-state index contributed by atoms with van der Waals surface area (Å²) in [6, 6.07) is 16.0. The molecule has 0 saturated heterocycles. The van der Waals surface area contributed by atoms with E-state index in [4.69, 9.17) is 0 Å². The van der Waals surface area contributed by atoms with Crippen LogP contribution < -0.4 is 0 Å². The van der Waals surface area contributed by atoms with Crippen LogP contribution in [-0.4, -0.2) is 9.97 Å². The summed E-state index contributed by atoms with van der Waals surface area (Å²) >= 11 is 3.27. The Kier molecular flexibility index (Phi) is 11.7. The van der Waals surface area contributed by atoms with Gasteiger partial charge in [-0.3, -0.25) is 9.97 Å². The van der Waals surface area contributed by atoms with Crippen LogP contribution in [0.2, 0.25) is 0 Å². The van der Waals surface area contributed by atoms with Gasteiger partial charge in [-0.05, 0) is 61.4 Å². The van der Waals surface area contributed by atoms with Gasteiger partial charge in [0.05, 0.1) is 30.9 Å². The molecular formula is C36H32N2S2. The van der Waals surface area contributed by atoms with Crippen molar-refractivity contribution in [2.24, 2.45) is 0 Å². The Labute approximate surface area is 247 Å². The van der Waals surface area contributed by atoms with Crippen LogP contribution in [0.1, 0.15) is 95.8 Å². The number of nitrogens with zero attached hydrogens (tertiary/aromatic N) is 2. The maximum absolute atomic E-state index is 4.53. The molecule has 0 radical (unpaired) electrons. The topological polar surface area (TPSA) is 25.8 Å². The van der Waals surface area contributed by atoms with Gasteiger partial charge in [-0.1, -0.05) is 86.9 Å². The third-order valence-electron chi connectivity index (χ3n) is 5.89. The smallest absolute Gasteiger partial charge is 0.0898 e. The van der Waals surface area contributed by atoms with Crippen molar-refractivity contribution >= 4 is 22.7 Å². The van der Waals surface area contributed by atoms with Crippen LogP contribution in [0.3, 0.4) is 0 Å². The summed E-state index contributed by atoms with van der Waals surface area (Å²) in [6.45, 7) is 4.42. The van der Waals surface area contributed by atoms with E-state index in [2.05, 4.69) is 83.3 Å². The predicted molar refractivity (Wildman–Crippen MR) is 170 cm³/mol. The quantitative estimate of drug-likeness (QED) is 0.168. The molecule has 4 rings (SSSR count). The molecule has 40 heavy (non-hydrogen) atoms. The standard InChI is InChI=1S/C36H32N2S2/c1-3-5-7-9-11-13-31-19-21-33(39-31)17-15-29-23-25-37-35(27-29)36-28-30(24-26-38-36)16-18-34-22-20-32(40-34)14-12-10-8-6-4-2/h19-28H,3-10H2,1-2H3. The summed E-state index contributed by atoms with van der Waals surface area (Å²) in [5.74, 6) is 26.1. The first kappa shape index (κ1) is 28.9. The zero-order valence-corrected chi connectivity index (χ0v) is 24.8. The summed E-state index contributed by atoms with van der Waals surface area (Å²) < 4.78 is 0. The molecule has 0 aliphatic rings. The van der Waals surface area contributed by atoms with Crippen molar-refractivity contribution in [1.29, 1.82) is 0 Å². The fourth-order valence-corrected chi connectivity index (χ4v) is 5.20. The normalized spacial score (nSPS) is 9.75. The van der Waals surface area contributed by atoms with Crippen LogP contribution >= 0.6 is 22.7 Å². The van der Waals surface area contributed by atoms with Gasteiger partial charge in [0.25, 0.3) is 0 Å². The number of hydrogen-bond donors (Lipinski definition) is 0. The Morgan fingerprint density at radius 2 is 0.950 bits per heavy atom. The fraction of sp³-hybridized carbons (Fsp3) is 0.278. The number of pyridine rings is 2. The molecule has 0 N–H and O–H groups in total. The first-order valence-electron chi connectivity index (χ1n) is 13.9. The minimum atomic E-state index is 0.775. The van der Waals surface area contributed by atoms with Crippen LogP contribution in [0.4, 0.5) is 0 Å². The molecule has 0 saturated carbocycles. The highest BCUT2D eigenvalue weighted by atomic mass is 32.1. The second-order valence-electron chi connectivity index (χ2n) is 9.21. The Morgan fingerprint density at radius 1 is 0.525 bits per heavy atom. The third kappa shape index (κ3) is 9.60. The lowest BCUT2D eigenvalue weighted by molar-refractivity contribution is 0.737. The summed E-state index contributed by atoms with van der Waals surface area (Å²) in [4.78, 5) is 13.2. The highest BCUT2D eigenvalue weighted by molar-refractivity contribution is 7.13. The van der Waals surface area contributed by atoms with Gasteiger partial charge >= 0.3 is 0 Å². The third-order valence-corrected chi connectivity index (χ3v) is 7.72. The molecule has 0 unspecified atom stereocenters. The van der Waals surface area contributed by atoms with E-state index in [0.717, 1.165) is 54.9 Å². The Bertz CT molecular complexity index is 1530. The lowest BCUT2D eigenvalue weighted by atomic mass is 10.1. The number of unbranched alkanes of at least 4 members (excludes halogenated alkanes) is 6. The minimum absolute atomic E-state index is 0.775. The summed E-state index contributed by atoms with van der Waals surface area (Å²) in [6.07, 6.45) is 12.7. The lowest BCUT2D eigenvalue weighted by Crippen LogP contribution is -1.89. The number of aromatic nitrogens is 2. The van der Waals surface area contributed by atoms with E-state index in [1.807, 2.05) is 36.4 Å². The van der Waals surface area contributed by atoms with Crippen molar-refractivity contribution < 1.29 is 0 Å². The summed E-state index contributed by atoms with van der Waals surface area (Å²) in [5.41, 5.74) is 3.34. The second-order valence-corrected chi connectivity index (χ2v) is 11.4. The zero-order valence-electron chi connectivity index (χ0n) is 23.1. The Morgan fingerprint density at radius 3 is 1.38 bits per heavy atom.